The first kappa shape index (κ1) is 22.7. The van der Waals surface area contributed by atoms with Crippen LogP contribution in [0, 0.1) is 0 Å². The zero-order valence-electron chi connectivity index (χ0n) is 17.7. The molecular formula is C26H36OS. The summed E-state index contributed by atoms with van der Waals surface area (Å²) in [6, 6.07) is 16.7. The van der Waals surface area contributed by atoms with E-state index in [-0.39, 0.29) is 5.12 Å². The van der Waals surface area contributed by atoms with Gasteiger partial charge in [0.2, 0.25) is 5.12 Å². The zero-order chi connectivity index (χ0) is 20.0. The van der Waals surface area contributed by atoms with Crippen LogP contribution in [0.2, 0.25) is 0 Å². The van der Waals surface area contributed by atoms with Gasteiger partial charge in [0, 0.05) is 10.5 Å². The number of aryl methyl sites for hydroxylation is 2. The quantitative estimate of drug-likeness (QED) is 0.250. The number of benzene rings is 2. The van der Waals surface area contributed by atoms with Crippen LogP contribution in [0.25, 0.3) is 0 Å². The summed E-state index contributed by atoms with van der Waals surface area (Å²) in [4.78, 5) is 13.6. The van der Waals surface area contributed by atoms with E-state index >= 15 is 0 Å². The Labute approximate surface area is 176 Å². The number of carbonyl (C=O) groups excluding carboxylic acids is 1. The molecule has 0 saturated carbocycles. The highest BCUT2D eigenvalue weighted by molar-refractivity contribution is 8.14. The van der Waals surface area contributed by atoms with Crippen LogP contribution in [0.15, 0.2) is 53.4 Å². The van der Waals surface area contributed by atoms with Gasteiger partial charge < -0.3 is 0 Å². The van der Waals surface area contributed by atoms with Crippen LogP contribution in [0.3, 0.4) is 0 Å². The SMILES string of the molecule is CCCCCCCCc1ccc(C(=O)Sc2ccc(CCCCC)cc2)cc1. The van der Waals surface area contributed by atoms with Crippen LogP contribution in [0.5, 0.6) is 0 Å². The highest BCUT2D eigenvalue weighted by atomic mass is 32.2. The van der Waals surface area contributed by atoms with Crippen molar-refractivity contribution in [2.75, 3.05) is 0 Å². The molecule has 2 aromatic carbocycles. The maximum absolute atomic E-state index is 12.5. The van der Waals surface area contributed by atoms with E-state index in [1.807, 2.05) is 12.1 Å². The maximum atomic E-state index is 12.5. The van der Waals surface area contributed by atoms with E-state index in [0.717, 1.165) is 23.3 Å². The Hall–Kier alpha value is -1.54. The number of rotatable bonds is 13. The lowest BCUT2D eigenvalue weighted by Gasteiger charge is -2.06. The topological polar surface area (TPSA) is 17.1 Å². The number of hydrogen-bond donors (Lipinski definition) is 0. The number of hydrogen-bond acceptors (Lipinski definition) is 2. The molecule has 28 heavy (non-hydrogen) atoms. The molecule has 1 nitrogen and oxygen atoms in total. The third-order valence-corrected chi connectivity index (χ3v) is 6.14. The molecule has 0 fully saturated rings. The Balaban J connectivity index is 1.76. The van der Waals surface area contributed by atoms with Gasteiger partial charge >= 0.3 is 0 Å². The molecule has 0 amide bonds. The van der Waals surface area contributed by atoms with Crippen molar-refractivity contribution >= 4 is 16.9 Å². The minimum Gasteiger partial charge on any atom is -0.281 e. The second kappa shape index (κ2) is 13.6. The minimum absolute atomic E-state index is 0.129. The van der Waals surface area contributed by atoms with Gasteiger partial charge in [0.15, 0.2) is 0 Å². The van der Waals surface area contributed by atoms with Gasteiger partial charge in [0.05, 0.1) is 0 Å². The summed E-state index contributed by atoms with van der Waals surface area (Å²) in [5.74, 6) is 0. The summed E-state index contributed by atoms with van der Waals surface area (Å²) in [5.41, 5.74) is 3.50. The molecule has 0 spiro atoms. The third-order valence-electron chi connectivity index (χ3n) is 5.21. The number of unbranched alkanes of at least 4 members (excludes halogenated alkanes) is 7. The lowest BCUT2D eigenvalue weighted by molar-refractivity contribution is 0.108. The van der Waals surface area contributed by atoms with Gasteiger partial charge in [0.1, 0.15) is 0 Å². The molecule has 0 saturated heterocycles. The van der Waals surface area contributed by atoms with E-state index < -0.39 is 0 Å². The molecule has 152 valence electrons. The van der Waals surface area contributed by atoms with Crippen molar-refractivity contribution in [3.05, 3.63) is 65.2 Å². The second-order valence-corrected chi connectivity index (χ2v) is 8.75. The first-order chi connectivity index (χ1) is 13.7. The van der Waals surface area contributed by atoms with Gasteiger partial charge in [0.25, 0.3) is 0 Å². The predicted molar refractivity (Wildman–Crippen MR) is 123 cm³/mol. The summed E-state index contributed by atoms with van der Waals surface area (Å²) >= 11 is 1.33. The largest absolute Gasteiger partial charge is 0.281 e. The van der Waals surface area contributed by atoms with Gasteiger partial charge in [-0.1, -0.05) is 95.2 Å². The number of carbonyl (C=O) groups is 1. The molecule has 0 unspecified atom stereocenters. The summed E-state index contributed by atoms with van der Waals surface area (Å²) in [7, 11) is 0. The van der Waals surface area contributed by atoms with Crippen molar-refractivity contribution in [2.24, 2.45) is 0 Å². The van der Waals surface area contributed by atoms with Crippen molar-refractivity contribution in [3.63, 3.8) is 0 Å². The molecule has 2 heteroatoms. The van der Waals surface area contributed by atoms with Gasteiger partial charge in [-0.25, -0.2) is 0 Å². The summed E-state index contributed by atoms with van der Waals surface area (Å²) in [5, 5.41) is 0.129. The fourth-order valence-electron chi connectivity index (χ4n) is 3.39. The van der Waals surface area contributed by atoms with E-state index in [9.17, 15) is 4.79 Å². The Morgan fingerprint density at radius 2 is 1.11 bits per heavy atom. The van der Waals surface area contributed by atoms with E-state index in [4.69, 9.17) is 0 Å². The molecule has 0 aliphatic heterocycles. The Morgan fingerprint density at radius 1 is 0.643 bits per heavy atom. The van der Waals surface area contributed by atoms with E-state index in [1.54, 1.807) is 0 Å². The molecule has 0 heterocycles. The molecule has 2 rings (SSSR count). The second-order valence-electron chi connectivity index (χ2n) is 7.71. The molecule has 0 bridgehead atoms. The number of thioether (sulfide) groups is 1. The van der Waals surface area contributed by atoms with Crippen molar-refractivity contribution < 1.29 is 4.79 Å². The van der Waals surface area contributed by atoms with Crippen molar-refractivity contribution in [1.82, 2.24) is 0 Å². The zero-order valence-corrected chi connectivity index (χ0v) is 18.5. The van der Waals surface area contributed by atoms with Gasteiger partial charge in [-0.15, -0.1) is 0 Å². The fourth-order valence-corrected chi connectivity index (χ4v) is 4.13. The van der Waals surface area contributed by atoms with Gasteiger partial charge in [-0.05, 0) is 60.7 Å². The molecule has 0 aromatic heterocycles. The summed E-state index contributed by atoms with van der Waals surface area (Å²) in [6.45, 7) is 4.48. The van der Waals surface area contributed by atoms with Crippen LogP contribution in [0.1, 0.15) is 93.1 Å². The van der Waals surface area contributed by atoms with Crippen molar-refractivity contribution in [2.45, 2.75) is 89.4 Å². The third kappa shape index (κ3) is 8.65. The first-order valence-electron chi connectivity index (χ1n) is 11.1. The molecule has 0 aliphatic carbocycles. The smallest absolute Gasteiger partial charge is 0.224 e. The normalized spacial score (nSPS) is 10.9. The van der Waals surface area contributed by atoms with Crippen molar-refractivity contribution in [3.8, 4) is 0 Å². The average molecular weight is 397 g/mol. The molecular weight excluding hydrogens is 360 g/mol. The lowest BCUT2D eigenvalue weighted by Crippen LogP contribution is -1.95. The molecule has 0 N–H and O–H groups in total. The average Bonchev–Trinajstić information content (AvgIpc) is 2.72. The van der Waals surface area contributed by atoms with Crippen LogP contribution in [-0.2, 0) is 12.8 Å². The van der Waals surface area contributed by atoms with Crippen molar-refractivity contribution in [1.29, 1.82) is 0 Å². The van der Waals surface area contributed by atoms with Gasteiger partial charge in [-0.3, -0.25) is 4.79 Å². The Bertz CT molecular complexity index is 673. The highest BCUT2D eigenvalue weighted by Gasteiger charge is 2.08. The maximum Gasteiger partial charge on any atom is 0.224 e. The fraction of sp³-hybridized carbons (Fsp3) is 0.500. The van der Waals surface area contributed by atoms with Crippen LogP contribution < -0.4 is 0 Å². The Morgan fingerprint density at radius 3 is 1.71 bits per heavy atom. The van der Waals surface area contributed by atoms with Crippen LogP contribution >= 0.6 is 11.8 Å². The lowest BCUT2D eigenvalue weighted by atomic mass is 10.0. The molecule has 0 aliphatic rings. The standard InChI is InChI=1S/C26H36OS/c1-3-5-7-8-9-11-13-22-14-18-24(19-15-22)26(27)28-25-20-16-23(17-21-25)12-10-6-4-2/h14-21H,3-13H2,1-2H3. The first-order valence-corrected chi connectivity index (χ1v) is 11.9. The predicted octanol–water partition coefficient (Wildman–Crippen LogP) is 8.25. The summed E-state index contributed by atoms with van der Waals surface area (Å²) in [6.07, 6.45) is 13.9. The molecule has 0 atom stereocenters. The molecule has 0 radical (unpaired) electrons. The summed E-state index contributed by atoms with van der Waals surface area (Å²) < 4.78 is 0. The van der Waals surface area contributed by atoms with Crippen LogP contribution in [-0.4, -0.2) is 5.12 Å². The van der Waals surface area contributed by atoms with E-state index in [2.05, 4.69) is 50.2 Å². The molecule has 2 aromatic rings. The monoisotopic (exact) mass is 396 g/mol. The highest BCUT2D eigenvalue weighted by Crippen LogP contribution is 2.24. The van der Waals surface area contributed by atoms with E-state index in [1.165, 1.54) is 80.7 Å². The van der Waals surface area contributed by atoms with Crippen LogP contribution in [0.4, 0.5) is 0 Å². The van der Waals surface area contributed by atoms with Gasteiger partial charge in [-0.2, -0.15) is 0 Å². The van der Waals surface area contributed by atoms with E-state index in [0.29, 0.717) is 0 Å². The Kier molecular flexibility index (Phi) is 11.1. The minimum atomic E-state index is 0.129.